The molecule has 2 rings (SSSR count). The van der Waals surface area contributed by atoms with Gasteiger partial charge in [0.05, 0.1) is 7.11 Å². The van der Waals surface area contributed by atoms with Crippen molar-refractivity contribution >= 4 is 5.97 Å². The van der Waals surface area contributed by atoms with Crippen molar-refractivity contribution in [1.82, 2.24) is 0 Å². The Morgan fingerprint density at radius 1 is 1.05 bits per heavy atom. The normalized spacial score (nSPS) is 10.1. The molecule has 0 fully saturated rings. The Balaban J connectivity index is 1.93. The van der Waals surface area contributed by atoms with E-state index in [9.17, 15) is 9.18 Å². The van der Waals surface area contributed by atoms with Gasteiger partial charge in [-0.1, -0.05) is 0 Å². The second kappa shape index (κ2) is 7.31. The molecule has 2 aromatic carbocycles. The molecule has 2 aromatic rings. The molecule has 0 spiro atoms. The molecular formula is C16H15FO5. The number of aromatic carboxylic acids is 1. The number of ether oxygens (including phenoxy) is 3. The minimum Gasteiger partial charge on any atom is -0.497 e. The van der Waals surface area contributed by atoms with Crippen molar-refractivity contribution in [2.24, 2.45) is 0 Å². The fourth-order valence-electron chi connectivity index (χ4n) is 1.77. The lowest BCUT2D eigenvalue weighted by Gasteiger charge is -2.11. The van der Waals surface area contributed by atoms with Crippen LogP contribution in [0.2, 0.25) is 0 Å². The van der Waals surface area contributed by atoms with Gasteiger partial charge in [0.2, 0.25) is 0 Å². The van der Waals surface area contributed by atoms with E-state index in [1.54, 1.807) is 6.07 Å². The van der Waals surface area contributed by atoms with Crippen LogP contribution in [0.3, 0.4) is 0 Å². The van der Waals surface area contributed by atoms with E-state index in [2.05, 4.69) is 0 Å². The summed E-state index contributed by atoms with van der Waals surface area (Å²) in [6, 6.07) is 10.1. The predicted octanol–water partition coefficient (Wildman–Crippen LogP) is 2.99. The molecule has 0 aliphatic heterocycles. The van der Waals surface area contributed by atoms with Crippen molar-refractivity contribution < 1.29 is 28.5 Å². The summed E-state index contributed by atoms with van der Waals surface area (Å²) in [5, 5.41) is 9.10. The molecule has 0 saturated carbocycles. The SMILES string of the molecule is COc1ccc(C(=O)O)c(OCCOc2ccc(F)cc2)c1. The van der Waals surface area contributed by atoms with E-state index in [4.69, 9.17) is 19.3 Å². The van der Waals surface area contributed by atoms with Crippen molar-refractivity contribution in [3.8, 4) is 17.2 Å². The van der Waals surface area contributed by atoms with Gasteiger partial charge in [-0.3, -0.25) is 0 Å². The molecule has 0 aliphatic carbocycles. The first kappa shape index (κ1) is 15.6. The molecule has 0 unspecified atom stereocenters. The first-order valence-electron chi connectivity index (χ1n) is 6.52. The summed E-state index contributed by atoms with van der Waals surface area (Å²) in [5.41, 5.74) is 0.0441. The zero-order valence-corrected chi connectivity index (χ0v) is 11.9. The smallest absolute Gasteiger partial charge is 0.339 e. The topological polar surface area (TPSA) is 65.0 Å². The molecule has 0 bridgehead atoms. The maximum atomic E-state index is 12.7. The van der Waals surface area contributed by atoms with Crippen molar-refractivity contribution in [3.05, 3.63) is 53.8 Å². The number of rotatable bonds is 7. The van der Waals surface area contributed by atoms with E-state index >= 15 is 0 Å². The molecule has 0 aliphatic rings. The molecule has 0 amide bonds. The summed E-state index contributed by atoms with van der Waals surface area (Å²) in [5.74, 6) is -0.216. The van der Waals surface area contributed by atoms with Crippen molar-refractivity contribution in [2.45, 2.75) is 0 Å². The number of hydrogen-bond acceptors (Lipinski definition) is 4. The molecular weight excluding hydrogens is 291 g/mol. The standard InChI is InChI=1S/C16H15FO5/c1-20-13-6-7-14(16(18)19)15(10-13)22-9-8-21-12-4-2-11(17)3-5-12/h2-7,10H,8-9H2,1H3,(H,18,19). The number of hydrogen-bond donors (Lipinski definition) is 1. The molecule has 0 saturated heterocycles. The number of carboxylic acid groups (broad SMARTS) is 1. The molecule has 0 radical (unpaired) electrons. The Morgan fingerprint density at radius 3 is 2.32 bits per heavy atom. The summed E-state index contributed by atoms with van der Waals surface area (Å²) in [4.78, 5) is 11.1. The Labute approximate surface area is 126 Å². The number of halogens is 1. The van der Waals surface area contributed by atoms with E-state index in [0.717, 1.165) is 0 Å². The maximum Gasteiger partial charge on any atom is 0.339 e. The Hall–Kier alpha value is -2.76. The van der Waals surface area contributed by atoms with Crippen LogP contribution in [0.25, 0.3) is 0 Å². The lowest BCUT2D eigenvalue weighted by Crippen LogP contribution is -2.11. The summed E-state index contributed by atoms with van der Waals surface area (Å²) >= 11 is 0. The van der Waals surface area contributed by atoms with E-state index < -0.39 is 5.97 Å². The molecule has 5 nitrogen and oxygen atoms in total. The van der Waals surface area contributed by atoms with Gasteiger partial charge in [-0.25, -0.2) is 9.18 Å². The fourth-order valence-corrected chi connectivity index (χ4v) is 1.77. The van der Waals surface area contributed by atoms with Crippen LogP contribution in [0.5, 0.6) is 17.2 Å². The molecule has 0 heterocycles. The molecule has 1 N–H and O–H groups in total. The Bertz CT molecular complexity index is 639. The number of benzene rings is 2. The Morgan fingerprint density at radius 2 is 1.68 bits per heavy atom. The highest BCUT2D eigenvalue weighted by atomic mass is 19.1. The number of carboxylic acids is 1. The highest BCUT2D eigenvalue weighted by molar-refractivity contribution is 5.91. The molecule has 116 valence electrons. The zero-order valence-electron chi connectivity index (χ0n) is 11.9. The van der Waals surface area contributed by atoms with Crippen LogP contribution in [-0.4, -0.2) is 31.4 Å². The van der Waals surface area contributed by atoms with Crippen LogP contribution in [0, 0.1) is 5.82 Å². The number of methoxy groups -OCH3 is 1. The second-order valence-corrected chi connectivity index (χ2v) is 4.32. The minimum absolute atomic E-state index is 0.0441. The van der Waals surface area contributed by atoms with Gasteiger partial charge in [0, 0.05) is 6.07 Å². The largest absolute Gasteiger partial charge is 0.497 e. The summed E-state index contributed by atoms with van der Waals surface area (Å²) < 4.78 is 28.6. The van der Waals surface area contributed by atoms with Crippen LogP contribution in [0.15, 0.2) is 42.5 Å². The first-order chi connectivity index (χ1) is 10.6. The summed E-state index contributed by atoms with van der Waals surface area (Å²) in [6.07, 6.45) is 0. The summed E-state index contributed by atoms with van der Waals surface area (Å²) in [6.45, 7) is 0.340. The van der Waals surface area contributed by atoms with Crippen molar-refractivity contribution in [2.75, 3.05) is 20.3 Å². The van der Waals surface area contributed by atoms with Crippen LogP contribution < -0.4 is 14.2 Å². The van der Waals surface area contributed by atoms with E-state index in [-0.39, 0.29) is 30.3 Å². The first-order valence-corrected chi connectivity index (χ1v) is 6.52. The lowest BCUT2D eigenvalue weighted by molar-refractivity contribution is 0.0691. The van der Waals surface area contributed by atoms with Gasteiger partial charge in [0.1, 0.15) is 41.8 Å². The highest BCUT2D eigenvalue weighted by Crippen LogP contribution is 2.25. The lowest BCUT2D eigenvalue weighted by atomic mass is 10.2. The van der Waals surface area contributed by atoms with Gasteiger partial charge in [-0.15, -0.1) is 0 Å². The molecule has 6 heteroatoms. The van der Waals surface area contributed by atoms with Gasteiger partial charge >= 0.3 is 5.97 Å². The molecule has 0 atom stereocenters. The third kappa shape index (κ3) is 4.12. The minimum atomic E-state index is -1.09. The Kier molecular flexibility index (Phi) is 5.19. The van der Waals surface area contributed by atoms with Gasteiger partial charge in [0.15, 0.2) is 0 Å². The van der Waals surface area contributed by atoms with E-state index in [0.29, 0.717) is 11.5 Å². The maximum absolute atomic E-state index is 12.7. The fraction of sp³-hybridized carbons (Fsp3) is 0.188. The quantitative estimate of drug-likeness (QED) is 0.797. The zero-order chi connectivity index (χ0) is 15.9. The van der Waals surface area contributed by atoms with Crippen molar-refractivity contribution in [1.29, 1.82) is 0 Å². The van der Waals surface area contributed by atoms with Crippen LogP contribution in [-0.2, 0) is 0 Å². The monoisotopic (exact) mass is 306 g/mol. The third-order valence-corrected chi connectivity index (χ3v) is 2.84. The average Bonchev–Trinajstić information content (AvgIpc) is 2.52. The van der Waals surface area contributed by atoms with E-state index in [1.165, 1.54) is 43.5 Å². The van der Waals surface area contributed by atoms with Crippen molar-refractivity contribution in [3.63, 3.8) is 0 Å². The van der Waals surface area contributed by atoms with Crippen LogP contribution >= 0.6 is 0 Å². The third-order valence-electron chi connectivity index (χ3n) is 2.84. The predicted molar refractivity (Wildman–Crippen MR) is 77.3 cm³/mol. The highest BCUT2D eigenvalue weighted by Gasteiger charge is 2.12. The van der Waals surface area contributed by atoms with Gasteiger partial charge in [-0.2, -0.15) is 0 Å². The number of carbonyl (C=O) groups is 1. The van der Waals surface area contributed by atoms with Crippen LogP contribution in [0.4, 0.5) is 4.39 Å². The van der Waals surface area contributed by atoms with Gasteiger partial charge in [-0.05, 0) is 36.4 Å². The molecule has 22 heavy (non-hydrogen) atoms. The van der Waals surface area contributed by atoms with Gasteiger partial charge in [0.25, 0.3) is 0 Å². The van der Waals surface area contributed by atoms with Gasteiger partial charge < -0.3 is 19.3 Å². The molecule has 0 aromatic heterocycles. The van der Waals surface area contributed by atoms with E-state index in [1.807, 2.05) is 0 Å². The van der Waals surface area contributed by atoms with Crippen LogP contribution in [0.1, 0.15) is 10.4 Å². The summed E-state index contributed by atoms with van der Waals surface area (Å²) in [7, 11) is 1.48. The second-order valence-electron chi connectivity index (χ2n) is 4.32. The average molecular weight is 306 g/mol.